The van der Waals surface area contributed by atoms with Gasteiger partial charge >= 0.3 is 18.0 Å². The number of carboxylic acid groups (broad SMARTS) is 2. The molecule has 2 amide bonds. The van der Waals surface area contributed by atoms with E-state index in [1.165, 1.54) is 7.05 Å². The van der Waals surface area contributed by atoms with Crippen molar-refractivity contribution >= 4 is 29.6 Å². The topological polar surface area (TPSA) is 154 Å². The molecule has 0 aliphatic heterocycles. The maximum absolute atomic E-state index is 11.9. The summed E-state index contributed by atoms with van der Waals surface area (Å²) in [5.74, 6) is -1.42. The summed E-state index contributed by atoms with van der Waals surface area (Å²) < 4.78 is 0. The van der Waals surface area contributed by atoms with Crippen molar-refractivity contribution in [3.05, 3.63) is 29.3 Å². The number of anilines is 1. The molecule has 1 aromatic carbocycles. The second-order valence-corrected chi connectivity index (χ2v) is 6.60. The van der Waals surface area contributed by atoms with Gasteiger partial charge in [0, 0.05) is 12.7 Å². The molecule has 6 N–H and O–H groups in total. The molecule has 0 atom stereocenters. The number of carbonyl (C=O) groups is 3. The Kier molecular flexibility index (Phi) is 11.0. The number of nitrogens with one attached hydrogen (secondary N) is 2. The van der Waals surface area contributed by atoms with E-state index in [1.807, 2.05) is 18.2 Å². The number of aliphatic imine (C=N–C) groups is 1. The molecule has 0 unspecified atom stereocenters. The summed E-state index contributed by atoms with van der Waals surface area (Å²) in [6, 6.07) is 5.71. The molecule has 0 aliphatic rings. The number of nitrogens with two attached hydrogens (primary N) is 1. The molecule has 1 aromatic rings. The Hall–Kier alpha value is -3.10. The monoisotopic (exact) mass is 394 g/mol. The number of para-hydroxylation sites is 1. The van der Waals surface area contributed by atoms with Crippen LogP contribution in [0.5, 0.6) is 0 Å². The van der Waals surface area contributed by atoms with Crippen molar-refractivity contribution in [2.24, 2.45) is 10.7 Å². The zero-order valence-electron chi connectivity index (χ0n) is 16.9. The molecule has 0 aliphatic carbocycles. The quantitative estimate of drug-likeness (QED) is 0.369. The van der Waals surface area contributed by atoms with Gasteiger partial charge in [0.2, 0.25) is 0 Å². The zero-order chi connectivity index (χ0) is 21.9. The van der Waals surface area contributed by atoms with Crippen LogP contribution in [0.25, 0.3) is 0 Å². The first-order valence-corrected chi connectivity index (χ1v) is 8.86. The average Bonchev–Trinajstić information content (AvgIpc) is 2.59. The van der Waals surface area contributed by atoms with Crippen molar-refractivity contribution in [2.45, 2.75) is 52.4 Å². The van der Waals surface area contributed by atoms with Crippen LogP contribution >= 0.6 is 0 Å². The highest BCUT2D eigenvalue weighted by atomic mass is 16.4. The Labute approximate surface area is 165 Å². The van der Waals surface area contributed by atoms with Crippen molar-refractivity contribution < 1.29 is 24.6 Å². The van der Waals surface area contributed by atoms with Gasteiger partial charge in [0.25, 0.3) is 0 Å². The van der Waals surface area contributed by atoms with Crippen LogP contribution in [0, 0.1) is 0 Å². The van der Waals surface area contributed by atoms with Crippen molar-refractivity contribution in [1.29, 1.82) is 0 Å². The van der Waals surface area contributed by atoms with Gasteiger partial charge in [-0.15, -0.1) is 0 Å². The third-order valence-electron chi connectivity index (χ3n) is 3.65. The fraction of sp³-hybridized carbons (Fsp3) is 0.474. The molecule has 9 nitrogen and oxygen atoms in total. The zero-order valence-corrected chi connectivity index (χ0v) is 16.9. The normalized spacial score (nSPS) is 10.9. The highest BCUT2D eigenvalue weighted by Gasteiger charge is 2.16. The molecule has 0 radical (unpaired) electrons. The summed E-state index contributed by atoms with van der Waals surface area (Å²) in [5.41, 5.74) is 8.58. The van der Waals surface area contributed by atoms with E-state index in [9.17, 15) is 14.4 Å². The molecule has 0 aromatic heterocycles. The van der Waals surface area contributed by atoms with Crippen LogP contribution in [-0.2, 0) is 9.59 Å². The Bertz CT molecular complexity index is 674. The molecule has 0 spiro atoms. The molecular weight excluding hydrogens is 364 g/mol. The number of carboxylic acids is 2. The van der Waals surface area contributed by atoms with Crippen LogP contribution in [0.4, 0.5) is 10.5 Å². The maximum atomic E-state index is 11.9. The lowest BCUT2D eigenvalue weighted by Gasteiger charge is -2.20. The SMILES string of the molecule is CN=C(N)NC(=O)Nc1c(C(C)C)cccc1C(C)C.O=C(O)CCC(=O)O. The molecule has 28 heavy (non-hydrogen) atoms. The van der Waals surface area contributed by atoms with E-state index in [0.717, 1.165) is 16.8 Å². The summed E-state index contributed by atoms with van der Waals surface area (Å²) in [6.07, 6.45) is -0.593. The van der Waals surface area contributed by atoms with Gasteiger partial charge in [-0.3, -0.25) is 19.9 Å². The van der Waals surface area contributed by atoms with Crippen LogP contribution in [-0.4, -0.2) is 41.2 Å². The Balaban J connectivity index is 0.000000769. The third-order valence-corrected chi connectivity index (χ3v) is 3.65. The second kappa shape index (κ2) is 12.3. The molecule has 9 heteroatoms. The molecule has 156 valence electrons. The Morgan fingerprint density at radius 3 is 1.75 bits per heavy atom. The first-order valence-electron chi connectivity index (χ1n) is 8.86. The van der Waals surface area contributed by atoms with Crippen molar-refractivity contribution in [1.82, 2.24) is 5.32 Å². The van der Waals surface area contributed by atoms with Gasteiger partial charge in [0.1, 0.15) is 0 Å². The molecular formula is C19H30N4O5. The Morgan fingerprint density at radius 1 is 1.00 bits per heavy atom. The van der Waals surface area contributed by atoms with Gasteiger partial charge < -0.3 is 21.3 Å². The number of hydrogen-bond donors (Lipinski definition) is 5. The predicted molar refractivity (Wildman–Crippen MR) is 109 cm³/mol. The van der Waals surface area contributed by atoms with Gasteiger partial charge in [-0.2, -0.15) is 0 Å². The van der Waals surface area contributed by atoms with Crippen LogP contribution in [0.15, 0.2) is 23.2 Å². The molecule has 0 bridgehead atoms. The number of nitrogens with zero attached hydrogens (tertiary/aromatic N) is 1. The first-order chi connectivity index (χ1) is 13.0. The summed E-state index contributed by atoms with van der Waals surface area (Å²) in [7, 11) is 1.53. The van der Waals surface area contributed by atoms with E-state index in [0.29, 0.717) is 11.8 Å². The van der Waals surface area contributed by atoms with Crippen LogP contribution in [0.3, 0.4) is 0 Å². The second-order valence-electron chi connectivity index (χ2n) is 6.60. The summed E-state index contributed by atoms with van der Waals surface area (Å²) in [4.78, 5) is 34.9. The van der Waals surface area contributed by atoms with E-state index in [-0.39, 0.29) is 24.8 Å². The number of urea groups is 1. The van der Waals surface area contributed by atoms with Gasteiger partial charge in [0.05, 0.1) is 12.8 Å². The van der Waals surface area contributed by atoms with E-state index >= 15 is 0 Å². The van der Waals surface area contributed by atoms with E-state index in [1.54, 1.807) is 0 Å². The highest BCUT2D eigenvalue weighted by Crippen LogP contribution is 2.32. The molecule has 0 saturated heterocycles. The number of benzene rings is 1. The van der Waals surface area contributed by atoms with E-state index in [4.69, 9.17) is 15.9 Å². The summed E-state index contributed by atoms with van der Waals surface area (Å²) >= 11 is 0. The number of aliphatic carboxylic acids is 2. The first kappa shape index (κ1) is 24.9. The lowest BCUT2D eigenvalue weighted by atomic mass is 9.93. The minimum Gasteiger partial charge on any atom is -0.481 e. The minimum absolute atomic E-state index is 0.0932. The maximum Gasteiger partial charge on any atom is 0.326 e. The standard InChI is InChI=1S/C15H24N4O.C4H6O4/c1-9(2)11-7-6-8-12(10(3)4)13(11)18-15(20)19-14(16)17-5;5-3(6)1-2-4(7)8/h6-10H,1-5H3,(H4,16,17,18,19,20);1-2H2,(H,5,6)(H,7,8). The van der Waals surface area contributed by atoms with E-state index < -0.39 is 11.9 Å². The number of hydrogen-bond acceptors (Lipinski definition) is 4. The Morgan fingerprint density at radius 2 is 1.43 bits per heavy atom. The highest BCUT2D eigenvalue weighted by molar-refractivity contribution is 6.02. The van der Waals surface area contributed by atoms with Crippen molar-refractivity contribution in [2.75, 3.05) is 12.4 Å². The predicted octanol–water partition coefficient (Wildman–Crippen LogP) is 2.94. The van der Waals surface area contributed by atoms with Gasteiger partial charge in [-0.25, -0.2) is 4.79 Å². The molecule has 0 saturated carbocycles. The molecule has 1 rings (SSSR count). The lowest BCUT2D eigenvalue weighted by molar-refractivity contribution is -0.143. The van der Waals surface area contributed by atoms with Crippen molar-refractivity contribution in [3.8, 4) is 0 Å². The average molecular weight is 394 g/mol. The molecule has 0 heterocycles. The number of guanidine groups is 1. The van der Waals surface area contributed by atoms with Crippen LogP contribution in [0.1, 0.15) is 63.5 Å². The summed E-state index contributed by atoms with van der Waals surface area (Å²) in [6.45, 7) is 8.41. The van der Waals surface area contributed by atoms with Gasteiger partial charge in [-0.1, -0.05) is 45.9 Å². The number of rotatable bonds is 6. The minimum atomic E-state index is -1.08. The lowest BCUT2D eigenvalue weighted by Crippen LogP contribution is -2.39. The third kappa shape index (κ3) is 9.56. The number of amides is 2. The molecule has 0 fully saturated rings. The smallest absolute Gasteiger partial charge is 0.326 e. The number of carbonyl (C=O) groups excluding carboxylic acids is 1. The fourth-order valence-electron chi connectivity index (χ4n) is 2.23. The van der Waals surface area contributed by atoms with Crippen LogP contribution < -0.4 is 16.4 Å². The fourth-order valence-corrected chi connectivity index (χ4v) is 2.23. The van der Waals surface area contributed by atoms with Crippen LogP contribution in [0.2, 0.25) is 0 Å². The summed E-state index contributed by atoms with van der Waals surface area (Å²) in [5, 5.41) is 21.2. The van der Waals surface area contributed by atoms with E-state index in [2.05, 4.69) is 43.3 Å². The van der Waals surface area contributed by atoms with Gasteiger partial charge in [-0.05, 0) is 23.0 Å². The largest absolute Gasteiger partial charge is 0.481 e. The van der Waals surface area contributed by atoms with Gasteiger partial charge in [0.15, 0.2) is 5.96 Å². The van der Waals surface area contributed by atoms with Crippen molar-refractivity contribution in [3.63, 3.8) is 0 Å².